The van der Waals surface area contributed by atoms with Crippen molar-refractivity contribution in [2.75, 3.05) is 20.8 Å². The Balaban J connectivity index is 1.90. The average molecular weight is 428 g/mol. The number of methoxy groups -OCH3 is 2. The number of carbonyl (C=O) groups is 2. The topological polar surface area (TPSA) is 73.9 Å². The van der Waals surface area contributed by atoms with Gasteiger partial charge in [-0.25, -0.2) is 4.79 Å². The summed E-state index contributed by atoms with van der Waals surface area (Å²) in [4.78, 5) is 24.4. The Labute approximate surface area is 162 Å². The van der Waals surface area contributed by atoms with E-state index in [0.29, 0.717) is 16.0 Å². The van der Waals surface area contributed by atoms with Gasteiger partial charge in [0.2, 0.25) is 0 Å². The number of rotatable bonds is 6. The molecule has 0 radical (unpaired) electrons. The Morgan fingerprint density at radius 1 is 1.04 bits per heavy atom. The lowest BCUT2D eigenvalue weighted by molar-refractivity contribution is -0.125. The van der Waals surface area contributed by atoms with E-state index < -0.39 is 5.97 Å². The molecule has 0 atom stereocenters. The summed E-state index contributed by atoms with van der Waals surface area (Å²) in [5, 5.41) is 2.97. The van der Waals surface area contributed by atoms with E-state index in [0.717, 1.165) is 25.7 Å². The van der Waals surface area contributed by atoms with Crippen LogP contribution in [0.1, 0.15) is 55.3 Å². The van der Waals surface area contributed by atoms with Gasteiger partial charge in [0, 0.05) is 6.04 Å². The zero-order valence-electron chi connectivity index (χ0n) is 15.3. The van der Waals surface area contributed by atoms with Crippen LogP contribution in [0.25, 0.3) is 0 Å². The Kier molecular flexibility index (Phi) is 8.22. The summed E-state index contributed by atoms with van der Waals surface area (Å²) in [6.45, 7) is -0.296. The van der Waals surface area contributed by atoms with Gasteiger partial charge in [-0.1, -0.05) is 32.1 Å². The summed E-state index contributed by atoms with van der Waals surface area (Å²) in [6, 6.07) is 3.26. The van der Waals surface area contributed by atoms with Crippen LogP contribution in [-0.2, 0) is 9.53 Å². The predicted octanol–water partition coefficient (Wildman–Crippen LogP) is 3.85. The lowest BCUT2D eigenvalue weighted by Crippen LogP contribution is -2.38. The van der Waals surface area contributed by atoms with Gasteiger partial charge in [-0.05, 0) is 40.9 Å². The Morgan fingerprint density at radius 2 is 1.58 bits per heavy atom. The van der Waals surface area contributed by atoms with Crippen molar-refractivity contribution in [3.8, 4) is 11.5 Å². The second-order valence-corrected chi connectivity index (χ2v) is 7.17. The molecule has 144 valence electrons. The number of amides is 1. The molecule has 7 heteroatoms. The van der Waals surface area contributed by atoms with E-state index in [1.54, 1.807) is 12.1 Å². The molecule has 1 aliphatic rings. The van der Waals surface area contributed by atoms with Crippen molar-refractivity contribution in [1.29, 1.82) is 0 Å². The molecule has 6 nitrogen and oxygen atoms in total. The largest absolute Gasteiger partial charge is 0.495 e. The van der Waals surface area contributed by atoms with Gasteiger partial charge in [0.1, 0.15) is 16.0 Å². The predicted molar refractivity (Wildman–Crippen MR) is 102 cm³/mol. The highest BCUT2D eigenvalue weighted by Crippen LogP contribution is 2.35. The first-order valence-electron chi connectivity index (χ1n) is 8.93. The fraction of sp³-hybridized carbons (Fsp3) is 0.579. The lowest BCUT2D eigenvalue weighted by Gasteiger charge is -2.21. The number of nitrogens with one attached hydrogen (secondary N) is 1. The molecule has 1 fully saturated rings. The molecule has 1 N–H and O–H groups in total. The average Bonchev–Trinajstić information content (AvgIpc) is 2.62. The van der Waals surface area contributed by atoms with E-state index in [-0.39, 0.29) is 24.1 Å². The summed E-state index contributed by atoms with van der Waals surface area (Å²) in [6.07, 6.45) is 7.94. The van der Waals surface area contributed by atoms with E-state index in [1.165, 1.54) is 33.5 Å². The smallest absolute Gasteiger partial charge is 0.338 e. The zero-order chi connectivity index (χ0) is 18.9. The second kappa shape index (κ2) is 10.4. The number of esters is 1. The zero-order valence-corrected chi connectivity index (χ0v) is 16.9. The summed E-state index contributed by atoms with van der Waals surface area (Å²) < 4.78 is 16.2. The normalized spacial score (nSPS) is 15.5. The Hall–Kier alpha value is -1.76. The third-order valence-electron chi connectivity index (χ3n) is 4.49. The fourth-order valence-electron chi connectivity index (χ4n) is 3.07. The van der Waals surface area contributed by atoms with Crippen molar-refractivity contribution in [2.45, 2.75) is 51.0 Å². The molecule has 2 rings (SSSR count). The molecule has 0 aromatic heterocycles. The molecular formula is C19H26BrNO5. The van der Waals surface area contributed by atoms with Gasteiger partial charge >= 0.3 is 5.97 Å². The van der Waals surface area contributed by atoms with Crippen molar-refractivity contribution in [3.63, 3.8) is 0 Å². The van der Waals surface area contributed by atoms with Crippen molar-refractivity contribution in [2.24, 2.45) is 0 Å². The molecule has 0 unspecified atom stereocenters. The van der Waals surface area contributed by atoms with Gasteiger partial charge in [0.25, 0.3) is 5.91 Å². The van der Waals surface area contributed by atoms with Gasteiger partial charge in [-0.2, -0.15) is 0 Å². The number of hydrogen-bond acceptors (Lipinski definition) is 5. The van der Waals surface area contributed by atoms with Crippen molar-refractivity contribution in [3.05, 3.63) is 22.2 Å². The standard InChI is InChI=1S/C19H26BrNO5/c1-24-15-10-13(11-16(25-2)18(15)20)19(23)26-12-17(22)21-14-8-6-4-3-5-7-9-14/h10-11,14H,3-9,12H2,1-2H3,(H,21,22). The SMILES string of the molecule is COc1cc(C(=O)OCC(=O)NC2CCCCCCC2)cc(OC)c1Br. The number of benzene rings is 1. The quantitative estimate of drug-likeness (QED) is 0.697. The molecule has 1 aromatic carbocycles. The molecular weight excluding hydrogens is 402 g/mol. The number of halogens is 1. The summed E-state index contributed by atoms with van der Waals surface area (Å²) in [5.41, 5.74) is 0.264. The van der Waals surface area contributed by atoms with Crippen LogP contribution in [0.15, 0.2) is 16.6 Å². The first-order chi connectivity index (χ1) is 12.5. The minimum atomic E-state index is -0.595. The van der Waals surface area contributed by atoms with Gasteiger partial charge in [0.05, 0.1) is 19.8 Å². The Morgan fingerprint density at radius 3 is 2.12 bits per heavy atom. The molecule has 0 bridgehead atoms. The highest BCUT2D eigenvalue weighted by molar-refractivity contribution is 9.10. The fourth-order valence-corrected chi connectivity index (χ4v) is 3.62. The first-order valence-corrected chi connectivity index (χ1v) is 9.72. The van der Waals surface area contributed by atoms with Crippen LogP contribution in [0.2, 0.25) is 0 Å². The maximum absolute atomic E-state index is 12.3. The monoisotopic (exact) mass is 427 g/mol. The lowest BCUT2D eigenvalue weighted by atomic mass is 9.97. The van der Waals surface area contributed by atoms with E-state index in [4.69, 9.17) is 14.2 Å². The third kappa shape index (κ3) is 5.90. The molecule has 1 amide bonds. The summed E-state index contributed by atoms with van der Waals surface area (Å²) in [5.74, 6) is 0.0485. The van der Waals surface area contributed by atoms with E-state index in [9.17, 15) is 9.59 Å². The Bertz CT molecular complexity index is 601. The van der Waals surface area contributed by atoms with E-state index in [2.05, 4.69) is 21.2 Å². The number of hydrogen-bond donors (Lipinski definition) is 1. The molecule has 0 saturated heterocycles. The molecule has 0 aliphatic heterocycles. The van der Waals surface area contributed by atoms with Gasteiger partial charge in [0.15, 0.2) is 6.61 Å². The van der Waals surface area contributed by atoms with Crippen LogP contribution in [-0.4, -0.2) is 38.7 Å². The molecule has 1 saturated carbocycles. The van der Waals surface area contributed by atoms with Gasteiger partial charge in [-0.3, -0.25) is 4.79 Å². The van der Waals surface area contributed by atoms with Crippen molar-refractivity contribution >= 4 is 27.8 Å². The highest BCUT2D eigenvalue weighted by atomic mass is 79.9. The minimum Gasteiger partial charge on any atom is -0.495 e. The van der Waals surface area contributed by atoms with Gasteiger partial charge < -0.3 is 19.5 Å². The van der Waals surface area contributed by atoms with Crippen molar-refractivity contribution < 1.29 is 23.8 Å². The molecule has 0 spiro atoms. The van der Waals surface area contributed by atoms with Crippen LogP contribution in [0.4, 0.5) is 0 Å². The number of ether oxygens (including phenoxy) is 3. The first kappa shape index (κ1) is 20.6. The number of carbonyl (C=O) groups excluding carboxylic acids is 2. The van der Waals surface area contributed by atoms with E-state index >= 15 is 0 Å². The van der Waals surface area contributed by atoms with Crippen LogP contribution in [0.5, 0.6) is 11.5 Å². The maximum atomic E-state index is 12.3. The summed E-state index contributed by atoms with van der Waals surface area (Å²) >= 11 is 3.35. The third-order valence-corrected chi connectivity index (χ3v) is 5.27. The molecule has 1 aromatic rings. The highest BCUT2D eigenvalue weighted by Gasteiger charge is 2.18. The molecule has 0 heterocycles. The minimum absolute atomic E-state index is 0.175. The van der Waals surface area contributed by atoms with Crippen LogP contribution in [0.3, 0.4) is 0 Å². The van der Waals surface area contributed by atoms with E-state index in [1.807, 2.05) is 0 Å². The van der Waals surface area contributed by atoms with Crippen LogP contribution >= 0.6 is 15.9 Å². The molecule has 26 heavy (non-hydrogen) atoms. The maximum Gasteiger partial charge on any atom is 0.338 e. The second-order valence-electron chi connectivity index (χ2n) is 6.38. The van der Waals surface area contributed by atoms with Crippen molar-refractivity contribution in [1.82, 2.24) is 5.32 Å². The molecule has 1 aliphatic carbocycles. The van der Waals surface area contributed by atoms with Crippen LogP contribution < -0.4 is 14.8 Å². The van der Waals surface area contributed by atoms with Gasteiger partial charge in [-0.15, -0.1) is 0 Å². The van der Waals surface area contributed by atoms with Crippen LogP contribution in [0, 0.1) is 0 Å². The summed E-state index contributed by atoms with van der Waals surface area (Å²) in [7, 11) is 2.99.